The topological polar surface area (TPSA) is 0 Å². The van der Waals surface area contributed by atoms with Gasteiger partial charge in [-0.25, -0.2) is 11.3 Å². The normalized spacial score (nSPS) is 11.0. The van der Waals surface area contributed by atoms with E-state index in [1.165, 1.54) is 26.9 Å². The van der Waals surface area contributed by atoms with Crippen molar-refractivity contribution in [3.05, 3.63) is 113 Å². The standard InChI is InChI=1S/C21H24PSi.4CH3.2ClH.Cr/c1-17-9-13-19(14-10-17)22(20-15-11-18(2)12-16-20)23(3,4)21-7-5-6-8-21;;;;;;;/h5,7,9-16H,6H2,1-4H3;4*1H3;2*1H;/q5*-1;;;+5. The molecule has 0 spiro atoms. The first kappa shape index (κ1) is 40.1. The Kier molecular flexibility index (Phi) is 23.1. The molecule has 0 atom stereocenters. The molecule has 0 amide bonds. The van der Waals surface area contributed by atoms with Crippen LogP contribution in [0.3, 0.4) is 0 Å². The zero-order valence-electron chi connectivity index (χ0n) is 19.7. The number of halogens is 2. The van der Waals surface area contributed by atoms with Crippen LogP contribution in [0.4, 0.5) is 0 Å². The minimum atomic E-state index is -1.63. The van der Waals surface area contributed by atoms with E-state index < -0.39 is 7.74 Å². The van der Waals surface area contributed by atoms with Gasteiger partial charge in [-0.3, -0.25) is 6.08 Å². The van der Waals surface area contributed by atoms with Crippen LogP contribution in [0.5, 0.6) is 0 Å². The molecule has 1 radical (unpaired) electrons. The molecule has 0 unspecified atom stereocenters. The van der Waals surface area contributed by atoms with Crippen LogP contribution in [0.1, 0.15) is 17.5 Å². The summed E-state index contributed by atoms with van der Waals surface area (Å²) in [5.41, 5.74) is 2.66. The van der Waals surface area contributed by atoms with Crippen molar-refractivity contribution in [2.75, 3.05) is 0 Å². The van der Waals surface area contributed by atoms with Crippen molar-refractivity contribution in [2.45, 2.75) is 33.4 Å². The van der Waals surface area contributed by atoms with Crippen molar-refractivity contribution in [3.63, 3.8) is 0 Å². The second-order valence-corrected chi connectivity index (χ2v) is 16.8. The fourth-order valence-corrected chi connectivity index (χ4v) is 12.9. The predicted octanol–water partition coefficient (Wildman–Crippen LogP) is 7.81. The van der Waals surface area contributed by atoms with E-state index in [4.69, 9.17) is 0 Å². The minimum Gasteiger partial charge on any atom is -0.358 e. The third kappa shape index (κ3) is 9.04. The van der Waals surface area contributed by atoms with Gasteiger partial charge in [0.25, 0.3) is 0 Å². The molecule has 0 saturated heterocycles. The summed E-state index contributed by atoms with van der Waals surface area (Å²) in [5, 5.41) is 4.49. The van der Waals surface area contributed by atoms with Crippen molar-refractivity contribution >= 4 is 50.6 Å². The Balaban J connectivity index is -0.000000298. The quantitative estimate of drug-likeness (QED) is 0.219. The van der Waals surface area contributed by atoms with Gasteiger partial charge >= 0.3 is 17.4 Å². The zero-order valence-corrected chi connectivity index (χ0v) is 24.5. The van der Waals surface area contributed by atoms with Gasteiger partial charge in [0.05, 0.1) is 7.74 Å². The average molecular weight is 521 g/mol. The van der Waals surface area contributed by atoms with Crippen LogP contribution in [-0.4, -0.2) is 7.74 Å². The molecule has 3 rings (SSSR count). The molecule has 1 aliphatic rings. The van der Waals surface area contributed by atoms with E-state index in [0.29, 0.717) is 0 Å². The maximum atomic E-state index is 3.62. The summed E-state index contributed by atoms with van der Waals surface area (Å²) in [5.74, 6) is 0. The van der Waals surface area contributed by atoms with Gasteiger partial charge < -0.3 is 29.7 Å². The van der Waals surface area contributed by atoms with Crippen molar-refractivity contribution < 1.29 is 17.4 Å². The smallest absolute Gasteiger partial charge is 0.358 e. The van der Waals surface area contributed by atoms with Gasteiger partial charge in [0.15, 0.2) is 0 Å². The number of hydrogen-bond donors (Lipinski definition) is 0. The fraction of sp³-hybridized carbons (Fsp3) is 0.200. The van der Waals surface area contributed by atoms with Crippen LogP contribution in [0.15, 0.2) is 65.9 Å². The number of benzene rings is 2. The Bertz CT molecular complexity index is 708. The average Bonchev–Trinajstić information content (AvgIpc) is 3.06. The Morgan fingerprint density at radius 3 is 1.40 bits per heavy atom. The molecule has 2 aromatic carbocycles. The molecule has 0 bridgehead atoms. The summed E-state index contributed by atoms with van der Waals surface area (Å²) in [6.07, 6.45) is 9.18. The van der Waals surface area contributed by atoms with E-state index in [1.54, 1.807) is 0 Å². The second kappa shape index (κ2) is 17.3. The summed E-state index contributed by atoms with van der Waals surface area (Å²) >= 11 is 0. The Labute approximate surface area is 213 Å². The predicted molar refractivity (Wildman–Crippen MR) is 147 cm³/mol. The Morgan fingerprint density at radius 1 is 0.733 bits per heavy atom. The first-order chi connectivity index (χ1) is 11.0. The van der Waals surface area contributed by atoms with E-state index >= 15 is 0 Å². The molecular formula is C25H38Cl2CrPSi. The van der Waals surface area contributed by atoms with Crippen LogP contribution in [0.2, 0.25) is 13.1 Å². The van der Waals surface area contributed by atoms with Gasteiger partial charge in [-0.1, -0.05) is 80.2 Å². The molecule has 0 fully saturated rings. The molecule has 0 saturated carbocycles. The van der Waals surface area contributed by atoms with Gasteiger partial charge in [0.2, 0.25) is 0 Å². The molecule has 0 N–H and O–H groups in total. The fourth-order valence-electron chi connectivity index (χ4n) is 3.13. The molecule has 1 aliphatic carbocycles. The van der Waals surface area contributed by atoms with E-state index in [0.717, 1.165) is 6.42 Å². The molecular weight excluding hydrogens is 482 g/mol. The summed E-state index contributed by atoms with van der Waals surface area (Å²) in [6, 6.07) is 18.4. The van der Waals surface area contributed by atoms with E-state index in [-0.39, 0.29) is 79.4 Å². The molecule has 5 heteroatoms. The molecule has 30 heavy (non-hydrogen) atoms. The van der Waals surface area contributed by atoms with Crippen LogP contribution in [-0.2, 0) is 17.4 Å². The summed E-state index contributed by atoms with van der Waals surface area (Å²) in [6.45, 7) is 9.35. The van der Waals surface area contributed by atoms with Crippen molar-refractivity contribution in [1.82, 2.24) is 0 Å². The maximum absolute atomic E-state index is 3.62. The third-order valence-electron chi connectivity index (χ3n) is 4.50. The SMILES string of the molecule is Cc1ccc(P(c2ccc(C)cc2)[Si](C)(C)C2=[C-]CC=C2)cc1.Cl.Cl.[CH3-].[CH3-].[CH3-].[CH3-].[Cr+5]. The first-order valence-electron chi connectivity index (χ1n) is 8.20. The first-order valence-corrected chi connectivity index (χ1v) is 13.4. The summed E-state index contributed by atoms with van der Waals surface area (Å²) < 4.78 is 0. The van der Waals surface area contributed by atoms with Crippen molar-refractivity contribution in [2.24, 2.45) is 0 Å². The monoisotopic (exact) mass is 519 g/mol. The van der Waals surface area contributed by atoms with E-state index in [9.17, 15) is 0 Å². The van der Waals surface area contributed by atoms with Gasteiger partial charge in [0.1, 0.15) is 0 Å². The molecule has 167 valence electrons. The Hall–Kier alpha value is -0.321. The second-order valence-electron chi connectivity index (χ2n) is 6.76. The van der Waals surface area contributed by atoms with Gasteiger partial charge in [0, 0.05) is 0 Å². The molecule has 0 heterocycles. The number of aryl methyl sites for hydroxylation is 2. The molecule has 2 aromatic rings. The molecule has 0 aromatic heterocycles. The van der Waals surface area contributed by atoms with Gasteiger partial charge in [-0.15, -0.1) is 31.2 Å². The van der Waals surface area contributed by atoms with Crippen molar-refractivity contribution in [3.8, 4) is 0 Å². The summed E-state index contributed by atoms with van der Waals surface area (Å²) in [4.78, 5) is 0. The van der Waals surface area contributed by atoms with E-state index in [1.807, 2.05) is 0 Å². The maximum Gasteiger partial charge on any atom is 5.00 e. The third-order valence-corrected chi connectivity index (χ3v) is 14.5. The van der Waals surface area contributed by atoms with Gasteiger partial charge in [-0.2, -0.15) is 6.08 Å². The molecule has 0 nitrogen and oxygen atoms in total. The molecule has 0 aliphatic heterocycles. The van der Waals surface area contributed by atoms with Crippen LogP contribution >= 0.6 is 32.3 Å². The van der Waals surface area contributed by atoms with Crippen molar-refractivity contribution in [1.29, 1.82) is 0 Å². The number of hydrogen-bond acceptors (Lipinski definition) is 0. The van der Waals surface area contributed by atoms with Gasteiger partial charge in [-0.05, 0) is 24.5 Å². The number of rotatable bonds is 4. The largest absolute Gasteiger partial charge is 5.00 e. The minimum absolute atomic E-state index is 0. The zero-order chi connectivity index (χ0) is 16.4. The summed E-state index contributed by atoms with van der Waals surface area (Å²) in [7, 11) is -1.97. The number of allylic oxidation sites excluding steroid dienone is 4. The van der Waals surface area contributed by atoms with Crippen LogP contribution in [0, 0.1) is 49.6 Å². The Morgan fingerprint density at radius 2 is 1.10 bits per heavy atom. The van der Waals surface area contributed by atoms with Crippen LogP contribution in [0.25, 0.3) is 0 Å². The van der Waals surface area contributed by atoms with E-state index in [2.05, 4.69) is 93.7 Å². The van der Waals surface area contributed by atoms with Crippen LogP contribution < -0.4 is 10.6 Å².